The van der Waals surface area contributed by atoms with E-state index < -0.39 is 0 Å². The number of rotatable bonds is 5. The molecular weight excluding hydrogens is 352 g/mol. The van der Waals surface area contributed by atoms with Crippen LogP contribution in [0, 0.1) is 0 Å². The van der Waals surface area contributed by atoms with Gasteiger partial charge in [0.15, 0.2) is 0 Å². The van der Waals surface area contributed by atoms with E-state index in [1.54, 1.807) is 0 Å². The van der Waals surface area contributed by atoms with E-state index in [4.69, 9.17) is 21.1 Å². The van der Waals surface area contributed by atoms with Crippen molar-refractivity contribution in [3.05, 3.63) is 40.9 Å². The normalized spacial score (nSPS) is 24.8. The summed E-state index contributed by atoms with van der Waals surface area (Å²) in [4.78, 5) is 0. The predicted octanol–water partition coefficient (Wildman–Crippen LogP) is 5.16. The van der Waals surface area contributed by atoms with Gasteiger partial charge >= 0.3 is 0 Å². The molecule has 4 heteroatoms. The molecule has 1 aliphatic rings. The molecule has 0 radical (unpaired) electrons. The van der Waals surface area contributed by atoms with Gasteiger partial charge in [0.05, 0.1) is 9.85 Å². The minimum Gasteiger partial charge on any atom is -0.486 e. The zero-order valence-corrected chi connectivity index (χ0v) is 14.2. The fraction of sp³-hybridized carbons (Fsp3) is 0.412. The number of fused-ring (bicyclic) bond motifs is 1. The largest absolute Gasteiger partial charge is 0.486 e. The van der Waals surface area contributed by atoms with Crippen LogP contribution in [0.15, 0.2) is 40.9 Å². The third-order valence-electron chi connectivity index (χ3n) is 3.80. The van der Waals surface area contributed by atoms with Gasteiger partial charge in [-0.25, -0.2) is 0 Å². The smallest absolute Gasteiger partial charge is 0.134 e. The minimum absolute atomic E-state index is 0.00927. The maximum Gasteiger partial charge on any atom is 0.134 e. The van der Waals surface area contributed by atoms with Crippen LogP contribution < -0.4 is 4.74 Å². The maximum atomic E-state index is 6.23. The highest BCUT2D eigenvalue weighted by Crippen LogP contribution is 2.38. The second-order valence-corrected chi connectivity index (χ2v) is 6.70. The lowest BCUT2D eigenvalue weighted by Gasteiger charge is -2.40. The molecule has 1 fully saturated rings. The molecule has 3 unspecified atom stereocenters. The first kappa shape index (κ1) is 15.1. The molecule has 1 saturated carbocycles. The van der Waals surface area contributed by atoms with Gasteiger partial charge in [0.25, 0.3) is 0 Å². The van der Waals surface area contributed by atoms with Crippen LogP contribution in [-0.4, -0.2) is 24.2 Å². The van der Waals surface area contributed by atoms with Gasteiger partial charge in [-0.05, 0) is 39.2 Å². The molecule has 0 aromatic heterocycles. The second kappa shape index (κ2) is 6.55. The average molecular weight is 370 g/mol. The van der Waals surface area contributed by atoms with Crippen molar-refractivity contribution in [2.45, 2.75) is 37.4 Å². The van der Waals surface area contributed by atoms with Crippen molar-refractivity contribution >= 4 is 38.3 Å². The highest BCUT2D eigenvalue weighted by Gasteiger charge is 2.43. The van der Waals surface area contributed by atoms with Crippen LogP contribution in [0.25, 0.3) is 10.8 Å². The van der Waals surface area contributed by atoms with Crippen molar-refractivity contribution in [1.29, 1.82) is 0 Å². The summed E-state index contributed by atoms with van der Waals surface area (Å²) in [5, 5.41) is 2.41. The standard InChI is InChI=1S/C17H18BrClO2/c1-2-9-20-17-13(19)10-15(17)21-14-8-7-11-5-3-4-6-12(11)16(14)18/h3-8,13,15,17H,2,9-10H2,1H3. The molecule has 112 valence electrons. The summed E-state index contributed by atoms with van der Waals surface area (Å²) in [7, 11) is 0. The predicted molar refractivity (Wildman–Crippen MR) is 90.4 cm³/mol. The minimum atomic E-state index is -0.00927. The van der Waals surface area contributed by atoms with E-state index in [2.05, 4.69) is 41.1 Å². The SMILES string of the molecule is CCCOC1C(Cl)CC1Oc1ccc2ccccc2c1Br. The zero-order valence-electron chi connectivity index (χ0n) is 11.9. The molecule has 0 heterocycles. The highest BCUT2D eigenvalue weighted by atomic mass is 79.9. The Morgan fingerprint density at radius 3 is 2.81 bits per heavy atom. The first-order chi connectivity index (χ1) is 10.2. The van der Waals surface area contributed by atoms with Gasteiger partial charge in [-0.2, -0.15) is 0 Å². The zero-order chi connectivity index (χ0) is 14.8. The molecule has 0 bridgehead atoms. The van der Waals surface area contributed by atoms with E-state index in [1.165, 1.54) is 5.39 Å². The van der Waals surface area contributed by atoms with Gasteiger partial charge in [-0.1, -0.05) is 37.3 Å². The fourth-order valence-corrected chi connectivity index (χ4v) is 3.57. The number of alkyl halides is 1. The van der Waals surface area contributed by atoms with E-state index in [-0.39, 0.29) is 17.6 Å². The van der Waals surface area contributed by atoms with Gasteiger partial charge in [0.2, 0.25) is 0 Å². The van der Waals surface area contributed by atoms with Gasteiger partial charge in [-0.15, -0.1) is 11.6 Å². The van der Waals surface area contributed by atoms with Crippen LogP contribution in [0.4, 0.5) is 0 Å². The van der Waals surface area contributed by atoms with Crippen LogP contribution >= 0.6 is 27.5 Å². The van der Waals surface area contributed by atoms with Gasteiger partial charge in [-0.3, -0.25) is 0 Å². The van der Waals surface area contributed by atoms with E-state index >= 15 is 0 Å². The third-order valence-corrected chi connectivity index (χ3v) is 5.05. The van der Waals surface area contributed by atoms with Gasteiger partial charge in [0.1, 0.15) is 18.0 Å². The van der Waals surface area contributed by atoms with Crippen LogP contribution in [0.2, 0.25) is 0 Å². The molecule has 0 saturated heterocycles. The lowest BCUT2D eigenvalue weighted by Crippen LogP contribution is -2.52. The number of benzene rings is 2. The summed E-state index contributed by atoms with van der Waals surface area (Å²) in [5.41, 5.74) is 0. The van der Waals surface area contributed by atoms with Gasteiger partial charge in [0, 0.05) is 13.0 Å². The third kappa shape index (κ3) is 3.05. The van der Waals surface area contributed by atoms with Crippen molar-refractivity contribution in [2.24, 2.45) is 0 Å². The molecule has 2 aromatic carbocycles. The van der Waals surface area contributed by atoms with E-state index in [1.807, 2.05) is 18.2 Å². The molecule has 0 spiro atoms. The van der Waals surface area contributed by atoms with Crippen LogP contribution in [0.1, 0.15) is 19.8 Å². The maximum absolute atomic E-state index is 6.23. The van der Waals surface area contributed by atoms with Crippen LogP contribution in [-0.2, 0) is 4.74 Å². The first-order valence-electron chi connectivity index (χ1n) is 7.30. The average Bonchev–Trinajstić information content (AvgIpc) is 2.50. The summed E-state index contributed by atoms with van der Waals surface area (Å²) in [5.74, 6) is 0.854. The monoisotopic (exact) mass is 368 g/mol. The Kier molecular flexibility index (Phi) is 4.72. The number of hydrogen-bond donors (Lipinski definition) is 0. The molecule has 3 rings (SSSR count). The molecule has 21 heavy (non-hydrogen) atoms. The molecule has 0 N–H and O–H groups in total. The Balaban J connectivity index is 1.77. The number of halogens is 2. The van der Waals surface area contributed by atoms with E-state index in [0.29, 0.717) is 0 Å². The highest BCUT2D eigenvalue weighted by molar-refractivity contribution is 9.10. The Morgan fingerprint density at radius 1 is 1.24 bits per heavy atom. The lowest BCUT2D eigenvalue weighted by molar-refractivity contribution is -0.0799. The van der Waals surface area contributed by atoms with Crippen LogP contribution in [0.5, 0.6) is 5.75 Å². The summed E-state index contributed by atoms with van der Waals surface area (Å²) in [6, 6.07) is 12.3. The molecular formula is C17H18BrClO2. The molecule has 2 aromatic rings. The van der Waals surface area contributed by atoms with E-state index in [9.17, 15) is 0 Å². The molecule has 2 nitrogen and oxygen atoms in total. The first-order valence-corrected chi connectivity index (χ1v) is 8.53. The number of hydrogen-bond acceptors (Lipinski definition) is 2. The topological polar surface area (TPSA) is 18.5 Å². The Hall–Kier alpha value is -0.770. The van der Waals surface area contributed by atoms with Gasteiger partial charge < -0.3 is 9.47 Å². The Morgan fingerprint density at radius 2 is 2.05 bits per heavy atom. The second-order valence-electron chi connectivity index (χ2n) is 5.34. The lowest BCUT2D eigenvalue weighted by atomic mass is 9.91. The van der Waals surface area contributed by atoms with Crippen molar-refractivity contribution in [3.63, 3.8) is 0 Å². The van der Waals surface area contributed by atoms with Crippen molar-refractivity contribution in [3.8, 4) is 5.75 Å². The summed E-state index contributed by atoms with van der Waals surface area (Å²) in [6.07, 6.45) is 1.85. The summed E-state index contributed by atoms with van der Waals surface area (Å²) < 4.78 is 12.9. The van der Waals surface area contributed by atoms with Crippen molar-refractivity contribution in [2.75, 3.05) is 6.61 Å². The molecule has 3 atom stereocenters. The molecule has 0 aliphatic heterocycles. The quantitative estimate of drug-likeness (QED) is 0.678. The Labute approximate surface area is 138 Å². The molecule has 1 aliphatic carbocycles. The fourth-order valence-electron chi connectivity index (χ4n) is 2.58. The Bertz CT molecular complexity index is 631. The summed E-state index contributed by atoms with van der Waals surface area (Å²) >= 11 is 9.88. The van der Waals surface area contributed by atoms with Crippen molar-refractivity contribution < 1.29 is 9.47 Å². The van der Waals surface area contributed by atoms with Crippen molar-refractivity contribution in [1.82, 2.24) is 0 Å². The number of ether oxygens (including phenoxy) is 2. The van der Waals surface area contributed by atoms with Crippen LogP contribution in [0.3, 0.4) is 0 Å². The summed E-state index contributed by atoms with van der Waals surface area (Å²) in [6.45, 7) is 2.82. The molecule has 0 amide bonds. The van der Waals surface area contributed by atoms with E-state index in [0.717, 1.165) is 35.1 Å².